The fourth-order valence-corrected chi connectivity index (χ4v) is 1.70. The van der Waals surface area contributed by atoms with Crippen LogP contribution in [0.1, 0.15) is 30.9 Å². The van der Waals surface area contributed by atoms with Crippen LogP contribution in [0.25, 0.3) is 0 Å². The first-order valence-electron chi connectivity index (χ1n) is 6.34. The Balaban J connectivity index is 2.27. The summed E-state index contributed by atoms with van der Waals surface area (Å²) in [5.74, 6) is -0.154. The Morgan fingerprint density at radius 1 is 1.24 bits per heavy atom. The summed E-state index contributed by atoms with van der Waals surface area (Å²) in [5, 5.41) is 3.35. The van der Waals surface area contributed by atoms with Gasteiger partial charge in [0.25, 0.3) is 0 Å². The minimum Gasteiger partial charge on any atom is -0.316 e. The van der Waals surface area contributed by atoms with Gasteiger partial charge in [-0.15, -0.1) is 0 Å². The van der Waals surface area contributed by atoms with Crippen LogP contribution in [0.2, 0.25) is 0 Å². The van der Waals surface area contributed by atoms with E-state index in [9.17, 15) is 4.39 Å². The molecule has 0 spiro atoms. The SMILES string of the molecule is CCCNCC/C=C/Cc1ccc(F)cc1C. The summed E-state index contributed by atoms with van der Waals surface area (Å²) in [5.41, 5.74) is 2.22. The number of rotatable bonds is 7. The lowest BCUT2D eigenvalue weighted by Crippen LogP contribution is -2.15. The highest BCUT2D eigenvalue weighted by atomic mass is 19.1. The lowest BCUT2D eigenvalue weighted by Gasteiger charge is -2.02. The molecule has 94 valence electrons. The van der Waals surface area contributed by atoms with Crippen molar-refractivity contribution >= 4 is 0 Å². The van der Waals surface area contributed by atoms with Crippen LogP contribution in [-0.4, -0.2) is 13.1 Å². The number of hydrogen-bond donors (Lipinski definition) is 1. The van der Waals surface area contributed by atoms with E-state index < -0.39 is 0 Å². The molecular weight excluding hydrogens is 213 g/mol. The lowest BCUT2D eigenvalue weighted by molar-refractivity contribution is 0.626. The number of halogens is 1. The quantitative estimate of drug-likeness (QED) is 0.562. The van der Waals surface area contributed by atoms with Gasteiger partial charge in [0.2, 0.25) is 0 Å². The van der Waals surface area contributed by atoms with Crippen LogP contribution in [0.5, 0.6) is 0 Å². The molecule has 0 aliphatic rings. The summed E-state index contributed by atoms with van der Waals surface area (Å²) < 4.78 is 12.9. The van der Waals surface area contributed by atoms with E-state index in [1.807, 2.05) is 13.0 Å². The Hall–Kier alpha value is -1.15. The summed E-state index contributed by atoms with van der Waals surface area (Å²) in [7, 11) is 0. The molecule has 1 N–H and O–H groups in total. The van der Waals surface area contributed by atoms with E-state index in [1.54, 1.807) is 6.07 Å². The zero-order valence-electron chi connectivity index (χ0n) is 10.8. The Kier molecular flexibility index (Phi) is 6.56. The first-order chi connectivity index (χ1) is 8.24. The molecule has 0 aromatic heterocycles. The highest BCUT2D eigenvalue weighted by Crippen LogP contribution is 2.11. The molecule has 2 heteroatoms. The van der Waals surface area contributed by atoms with Crippen molar-refractivity contribution in [3.8, 4) is 0 Å². The first-order valence-corrected chi connectivity index (χ1v) is 6.34. The topological polar surface area (TPSA) is 12.0 Å². The maximum Gasteiger partial charge on any atom is 0.123 e. The second-order valence-electron chi connectivity index (χ2n) is 4.29. The molecule has 0 bridgehead atoms. The molecule has 0 saturated carbocycles. The average molecular weight is 235 g/mol. The third-order valence-corrected chi connectivity index (χ3v) is 2.72. The number of hydrogen-bond acceptors (Lipinski definition) is 1. The number of allylic oxidation sites excluding steroid dienone is 1. The summed E-state index contributed by atoms with van der Waals surface area (Å²) in [6, 6.07) is 4.98. The molecule has 0 fully saturated rings. The van der Waals surface area contributed by atoms with Crippen LogP contribution in [0.4, 0.5) is 4.39 Å². The number of aryl methyl sites for hydroxylation is 1. The van der Waals surface area contributed by atoms with Crippen LogP contribution in [-0.2, 0) is 6.42 Å². The smallest absolute Gasteiger partial charge is 0.123 e. The minimum atomic E-state index is -0.154. The molecular formula is C15H22FN. The predicted molar refractivity (Wildman–Crippen MR) is 71.8 cm³/mol. The average Bonchev–Trinajstić information content (AvgIpc) is 2.30. The van der Waals surface area contributed by atoms with Gasteiger partial charge in [-0.05, 0) is 62.5 Å². The van der Waals surface area contributed by atoms with Gasteiger partial charge >= 0.3 is 0 Å². The molecule has 1 rings (SSSR count). The Labute approximate surface area is 104 Å². The molecule has 0 aliphatic carbocycles. The van der Waals surface area contributed by atoms with Crippen molar-refractivity contribution in [2.45, 2.75) is 33.1 Å². The Bertz CT molecular complexity index is 358. The van der Waals surface area contributed by atoms with E-state index in [0.29, 0.717) is 0 Å². The van der Waals surface area contributed by atoms with Crippen molar-refractivity contribution in [2.24, 2.45) is 0 Å². The molecule has 1 aromatic carbocycles. The highest BCUT2D eigenvalue weighted by Gasteiger charge is 1.97. The predicted octanol–water partition coefficient (Wildman–Crippen LogP) is 3.62. The Morgan fingerprint density at radius 2 is 2.06 bits per heavy atom. The first kappa shape index (κ1) is 13.9. The molecule has 0 atom stereocenters. The van der Waals surface area contributed by atoms with E-state index in [1.165, 1.54) is 18.1 Å². The van der Waals surface area contributed by atoms with Gasteiger partial charge in [-0.2, -0.15) is 0 Å². The van der Waals surface area contributed by atoms with E-state index in [0.717, 1.165) is 31.5 Å². The third kappa shape index (κ3) is 5.64. The Morgan fingerprint density at radius 3 is 2.76 bits per heavy atom. The van der Waals surface area contributed by atoms with Crippen molar-refractivity contribution in [2.75, 3.05) is 13.1 Å². The summed E-state index contributed by atoms with van der Waals surface area (Å²) in [6.07, 6.45) is 7.47. The lowest BCUT2D eigenvalue weighted by atomic mass is 10.1. The fourth-order valence-electron chi connectivity index (χ4n) is 1.70. The van der Waals surface area contributed by atoms with Gasteiger partial charge in [-0.25, -0.2) is 4.39 Å². The van der Waals surface area contributed by atoms with Crippen LogP contribution < -0.4 is 5.32 Å². The zero-order valence-corrected chi connectivity index (χ0v) is 10.8. The standard InChI is InChI=1S/C15H22FN/c1-3-10-17-11-6-4-5-7-14-8-9-15(16)12-13(14)2/h4-5,8-9,12,17H,3,6-7,10-11H2,1-2H3/b5-4+. The van der Waals surface area contributed by atoms with Crippen LogP contribution in [0.15, 0.2) is 30.4 Å². The molecule has 0 amide bonds. The normalized spacial score (nSPS) is 11.2. The molecule has 0 radical (unpaired) electrons. The largest absolute Gasteiger partial charge is 0.316 e. The molecule has 17 heavy (non-hydrogen) atoms. The summed E-state index contributed by atoms with van der Waals surface area (Å²) in [6.45, 7) is 6.24. The van der Waals surface area contributed by atoms with E-state index >= 15 is 0 Å². The molecule has 1 aromatic rings. The van der Waals surface area contributed by atoms with Gasteiger partial charge < -0.3 is 5.32 Å². The summed E-state index contributed by atoms with van der Waals surface area (Å²) in [4.78, 5) is 0. The highest BCUT2D eigenvalue weighted by molar-refractivity contribution is 5.28. The number of benzene rings is 1. The van der Waals surface area contributed by atoms with E-state index in [2.05, 4.69) is 24.4 Å². The molecule has 1 nitrogen and oxygen atoms in total. The second kappa shape index (κ2) is 8.02. The minimum absolute atomic E-state index is 0.154. The van der Waals surface area contributed by atoms with Gasteiger partial charge in [0.05, 0.1) is 0 Å². The van der Waals surface area contributed by atoms with Crippen molar-refractivity contribution in [3.63, 3.8) is 0 Å². The van der Waals surface area contributed by atoms with Gasteiger partial charge in [0.15, 0.2) is 0 Å². The monoisotopic (exact) mass is 235 g/mol. The molecule has 0 saturated heterocycles. The van der Waals surface area contributed by atoms with Gasteiger partial charge in [0.1, 0.15) is 5.82 Å². The number of nitrogens with one attached hydrogen (secondary N) is 1. The maximum atomic E-state index is 12.9. The molecule has 0 heterocycles. The van der Waals surface area contributed by atoms with Crippen molar-refractivity contribution in [1.82, 2.24) is 5.32 Å². The second-order valence-corrected chi connectivity index (χ2v) is 4.29. The van der Waals surface area contributed by atoms with Crippen molar-refractivity contribution in [3.05, 3.63) is 47.3 Å². The van der Waals surface area contributed by atoms with E-state index in [4.69, 9.17) is 0 Å². The van der Waals surface area contributed by atoms with Crippen LogP contribution in [0, 0.1) is 12.7 Å². The van der Waals surface area contributed by atoms with Crippen molar-refractivity contribution < 1.29 is 4.39 Å². The van der Waals surface area contributed by atoms with Gasteiger partial charge in [-0.1, -0.05) is 25.1 Å². The molecule has 0 unspecified atom stereocenters. The van der Waals surface area contributed by atoms with Gasteiger partial charge in [-0.3, -0.25) is 0 Å². The van der Waals surface area contributed by atoms with Gasteiger partial charge in [0, 0.05) is 0 Å². The molecule has 0 aliphatic heterocycles. The maximum absolute atomic E-state index is 12.9. The summed E-state index contributed by atoms with van der Waals surface area (Å²) >= 11 is 0. The third-order valence-electron chi connectivity index (χ3n) is 2.72. The van der Waals surface area contributed by atoms with Crippen LogP contribution in [0.3, 0.4) is 0 Å². The van der Waals surface area contributed by atoms with Crippen LogP contribution >= 0.6 is 0 Å². The zero-order chi connectivity index (χ0) is 12.5. The van der Waals surface area contributed by atoms with E-state index in [-0.39, 0.29) is 5.82 Å². The fraction of sp³-hybridized carbons (Fsp3) is 0.467. The van der Waals surface area contributed by atoms with Crippen molar-refractivity contribution in [1.29, 1.82) is 0 Å².